The summed E-state index contributed by atoms with van der Waals surface area (Å²) in [7, 11) is -3.50. The molecular weight excluding hydrogens is 344 g/mol. The molecule has 2 heterocycles. The zero-order valence-corrected chi connectivity index (χ0v) is 15.1. The minimum atomic E-state index is -3.50. The molecule has 7 heteroatoms. The van der Waals surface area contributed by atoms with Gasteiger partial charge in [0.05, 0.1) is 9.77 Å². The quantitative estimate of drug-likeness (QED) is 0.903. The summed E-state index contributed by atoms with van der Waals surface area (Å²) in [5.74, 6) is -0.222. The zero-order valence-electron chi connectivity index (χ0n) is 13.5. The molecule has 0 aliphatic carbocycles. The molecule has 0 spiro atoms. The first-order valence-corrected chi connectivity index (χ1v) is 10.2. The van der Waals surface area contributed by atoms with Crippen LogP contribution in [0.5, 0.6) is 0 Å². The van der Waals surface area contributed by atoms with Crippen LogP contribution in [-0.2, 0) is 10.0 Å². The van der Waals surface area contributed by atoms with Crippen LogP contribution in [0.25, 0.3) is 0 Å². The molecule has 0 unspecified atom stereocenters. The average Bonchev–Trinajstić information content (AvgIpc) is 3.02. The Morgan fingerprint density at radius 1 is 1.12 bits per heavy atom. The highest BCUT2D eigenvalue weighted by Crippen LogP contribution is 2.24. The number of hydrogen-bond acceptors (Lipinski definition) is 4. The second-order valence-corrected chi connectivity index (χ2v) is 9.08. The Balaban J connectivity index is 1.80. The summed E-state index contributed by atoms with van der Waals surface area (Å²) in [5, 5.41) is 2.78. The van der Waals surface area contributed by atoms with Crippen molar-refractivity contribution in [3.8, 4) is 0 Å². The number of aryl methyl sites for hydroxylation is 1. The van der Waals surface area contributed by atoms with Gasteiger partial charge in [0.15, 0.2) is 0 Å². The van der Waals surface area contributed by atoms with Crippen LogP contribution in [0.4, 0.5) is 5.69 Å². The third-order valence-electron chi connectivity index (χ3n) is 4.01. The van der Waals surface area contributed by atoms with Crippen LogP contribution in [0.1, 0.15) is 33.8 Å². The van der Waals surface area contributed by atoms with Crippen molar-refractivity contribution in [2.75, 3.05) is 18.4 Å². The Kier molecular flexibility index (Phi) is 5.03. The third kappa shape index (κ3) is 3.68. The first kappa shape index (κ1) is 17.1. The van der Waals surface area contributed by atoms with Crippen molar-refractivity contribution in [2.45, 2.75) is 31.1 Å². The van der Waals surface area contributed by atoms with Gasteiger partial charge in [0.2, 0.25) is 10.0 Å². The van der Waals surface area contributed by atoms with Gasteiger partial charge >= 0.3 is 0 Å². The van der Waals surface area contributed by atoms with Crippen molar-refractivity contribution in [1.29, 1.82) is 0 Å². The molecule has 24 heavy (non-hydrogen) atoms. The van der Waals surface area contributed by atoms with Crippen molar-refractivity contribution in [3.05, 3.63) is 46.2 Å². The maximum Gasteiger partial charge on any atom is 0.265 e. The Morgan fingerprint density at radius 2 is 1.88 bits per heavy atom. The lowest BCUT2D eigenvalue weighted by Crippen LogP contribution is -2.35. The molecule has 3 rings (SSSR count). The van der Waals surface area contributed by atoms with Crippen molar-refractivity contribution < 1.29 is 13.2 Å². The molecule has 1 amide bonds. The molecule has 0 radical (unpaired) electrons. The van der Waals surface area contributed by atoms with E-state index in [0.717, 1.165) is 24.1 Å². The molecule has 1 aromatic carbocycles. The van der Waals surface area contributed by atoms with Gasteiger partial charge < -0.3 is 5.32 Å². The van der Waals surface area contributed by atoms with Crippen LogP contribution < -0.4 is 5.32 Å². The lowest BCUT2D eigenvalue weighted by molar-refractivity contribution is 0.103. The molecule has 1 N–H and O–H groups in total. The van der Waals surface area contributed by atoms with Gasteiger partial charge in [0.25, 0.3) is 5.91 Å². The number of hydrogen-bond donors (Lipinski definition) is 1. The van der Waals surface area contributed by atoms with Crippen molar-refractivity contribution >= 4 is 33.0 Å². The largest absolute Gasteiger partial charge is 0.321 e. The van der Waals surface area contributed by atoms with E-state index in [-0.39, 0.29) is 10.8 Å². The highest BCUT2D eigenvalue weighted by molar-refractivity contribution is 7.89. The molecule has 1 saturated heterocycles. The summed E-state index contributed by atoms with van der Waals surface area (Å²) in [6.45, 7) is 3.06. The first-order valence-electron chi connectivity index (χ1n) is 7.95. The van der Waals surface area contributed by atoms with E-state index >= 15 is 0 Å². The number of piperidine rings is 1. The average molecular weight is 364 g/mol. The molecule has 1 fully saturated rings. The SMILES string of the molecule is Cc1ccc(C(=O)Nc2cccc(S(=O)(=O)N3CCCCC3)c2)s1. The van der Waals surface area contributed by atoms with Crippen molar-refractivity contribution in [2.24, 2.45) is 0 Å². The number of benzene rings is 1. The summed E-state index contributed by atoms with van der Waals surface area (Å²) in [6.07, 6.45) is 2.86. The number of thiophene rings is 1. The van der Waals surface area contributed by atoms with Gasteiger partial charge in [0.1, 0.15) is 0 Å². The number of carbonyl (C=O) groups is 1. The summed E-state index contributed by atoms with van der Waals surface area (Å²) in [4.78, 5) is 14.1. The van der Waals surface area contributed by atoms with Gasteiger partial charge in [0, 0.05) is 23.7 Å². The van der Waals surface area contributed by atoms with Crippen LogP contribution in [0.2, 0.25) is 0 Å². The Morgan fingerprint density at radius 3 is 2.54 bits per heavy atom. The number of nitrogens with one attached hydrogen (secondary N) is 1. The van der Waals surface area contributed by atoms with Gasteiger partial charge in [-0.2, -0.15) is 4.31 Å². The lowest BCUT2D eigenvalue weighted by Gasteiger charge is -2.26. The normalized spacial score (nSPS) is 16.0. The van der Waals surface area contributed by atoms with E-state index in [1.54, 1.807) is 24.3 Å². The van der Waals surface area contributed by atoms with Crippen LogP contribution in [-0.4, -0.2) is 31.7 Å². The summed E-state index contributed by atoms with van der Waals surface area (Å²) >= 11 is 1.41. The molecule has 0 bridgehead atoms. The number of carbonyl (C=O) groups excluding carboxylic acids is 1. The predicted octanol–water partition coefficient (Wildman–Crippen LogP) is 3.48. The van der Waals surface area contributed by atoms with Crippen LogP contribution in [0.3, 0.4) is 0 Å². The third-order valence-corrected chi connectivity index (χ3v) is 6.90. The lowest BCUT2D eigenvalue weighted by atomic mass is 10.2. The standard InChI is InChI=1S/C17H20N2O3S2/c1-13-8-9-16(23-13)17(20)18-14-6-5-7-15(12-14)24(21,22)19-10-3-2-4-11-19/h5-9,12H,2-4,10-11H2,1H3,(H,18,20). The predicted molar refractivity (Wildman–Crippen MR) is 96.1 cm³/mol. The first-order chi connectivity index (χ1) is 11.5. The van der Waals surface area contributed by atoms with Crippen LogP contribution in [0.15, 0.2) is 41.3 Å². The smallest absolute Gasteiger partial charge is 0.265 e. The van der Waals surface area contributed by atoms with E-state index in [9.17, 15) is 13.2 Å². The molecule has 1 aliphatic heterocycles. The minimum Gasteiger partial charge on any atom is -0.321 e. The van der Waals surface area contributed by atoms with E-state index < -0.39 is 10.0 Å². The van der Waals surface area contributed by atoms with Crippen molar-refractivity contribution in [3.63, 3.8) is 0 Å². The fraction of sp³-hybridized carbons (Fsp3) is 0.353. The topological polar surface area (TPSA) is 66.5 Å². The molecule has 5 nitrogen and oxygen atoms in total. The van der Waals surface area contributed by atoms with Gasteiger partial charge in [-0.25, -0.2) is 8.42 Å². The molecule has 1 aliphatic rings. The highest BCUT2D eigenvalue weighted by atomic mass is 32.2. The summed E-state index contributed by atoms with van der Waals surface area (Å²) in [6, 6.07) is 10.1. The number of nitrogens with zero attached hydrogens (tertiary/aromatic N) is 1. The van der Waals surface area contributed by atoms with Crippen molar-refractivity contribution in [1.82, 2.24) is 4.31 Å². The van der Waals surface area contributed by atoms with E-state index in [0.29, 0.717) is 23.7 Å². The minimum absolute atomic E-state index is 0.222. The Hall–Kier alpha value is -1.70. The zero-order chi connectivity index (χ0) is 17.2. The number of rotatable bonds is 4. The maximum atomic E-state index is 12.7. The molecule has 1 aromatic heterocycles. The van der Waals surface area contributed by atoms with E-state index in [1.807, 2.05) is 13.0 Å². The number of amides is 1. The Labute approximate surface area is 146 Å². The van der Waals surface area contributed by atoms with Gasteiger partial charge in [-0.1, -0.05) is 12.5 Å². The monoisotopic (exact) mass is 364 g/mol. The molecule has 0 atom stereocenters. The number of sulfonamides is 1. The van der Waals surface area contributed by atoms with Crippen LogP contribution in [0, 0.1) is 6.92 Å². The highest BCUT2D eigenvalue weighted by Gasteiger charge is 2.26. The number of anilines is 1. The van der Waals surface area contributed by atoms with Gasteiger partial charge in [-0.05, 0) is 50.1 Å². The fourth-order valence-corrected chi connectivity index (χ4v) is 5.06. The summed E-state index contributed by atoms with van der Waals surface area (Å²) < 4.78 is 27.0. The fourth-order valence-electron chi connectivity index (χ4n) is 2.74. The summed E-state index contributed by atoms with van der Waals surface area (Å²) in [5.41, 5.74) is 0.490. The van der Waals surface area contributed by atoms with E-state index in [4.69, 9.17) is 0 Å². The van der Waals surface area contributed by atoms with E-state index in [2.05, 4.69) is 5.32 Å². The second kappa shape index (κ2) is 7.04. The molecule has 0 saturated carbocycles. The van der Waals surface area contributed by atoms with Gasteiger partial charge in [-0.15, -0.1) is 11.3 Å². The molecular formula is C17H20N2O3S2. The second-order valence-electron chi connectivity index (χ2n) is 5.86. The van der Waals surface area contributed by atoms with Gasteiger partial charge in [-0.3, -0.25) is 4.79 Å². The van der Waals surface area contributed by atoms with Crippen LogP contribution >= 0.6 is 11.3 Å². The Bertz CT molecular complexity index is 837. The maximum absolute atomic E-state index is 12.7. The molecule has 128 valence electrons. The van der Waals surface area contributed by atoms with E-state index in [1.165, 1.54) is 21.7 Å². The molecule has 2 aromatic rings.